The lowest BCUT2D eigenvalue weighted by Gasteiger charge is -2.27. The van der Waals surface area contributed by atoms with Gasteiger partial charge in [0.15, 0.2) is 0 Å². The van der Waals surface area contributed by atoms with E-state index in [-0.39, 0.29) is 0 Å². The third kappa shape index (κ3) is 3.89. The Hall–Kier alpha value is -0.730. The van der Waals surface area contributed by atoms with E-state index in [9.17, 15) is 0 Å². The monoisotopic (exact) mass is 266 g/mol. The van der Waals surface area contributed by atoms with Crippen molar-refractivity contribution in [1.82, 2.24) is 4.90 Å². The molecule has 1 fully saturated rings. The highest BCUT2D eigenvalue weighted by Gasteiger charge is 2.15. The molecule has 18 heavy (non-hydrogen) atoms. The summed E-state index contributed by atoms with van der Waals surface area (Å²) in [4.78, 5) is 2.40. The average molecular weight is 267 g/mol. The summed E-state index contributed by atoms with van der Waals surface area (Å²) in [7, 11) is 2.19. The summed E-state index contributed by atoms with van der Waals surface area (Å²) in [5.74, 6) is 0.883. The van der Waals surface area contributed by atoms with Gasteiger partial charge in [0.1, 0.15) is 0 Å². The molecule has 2 nitrogen and oxygen atoms in total. The molecule has 0 heterocycles. The smallest absolute Gasteiger partial charge is 0.0635 e. The molecular weight excluding hydrogens is 244 g/mol. The van der Waals surface area contributed by atoms with E-state index in [1.165, 1.54) is 44.2 Å². The van der Waals surface area contributed by atoms with E-state index in [2.05, 4.69) is 18.0 Å². The fourth-order valence-electron chi connectivity index (χ4n) is 2.88. The zero-order valence-electron chi connectivity index (χ0n) is 11.2. The summed E-state index contributed by atoms with van der Waals surface area (Å²) in [6, 6.07) is 5.94. The number of hydrogen-bond acceptors (Lipinski definition) is 2. The number of rotatable bonds is 4. The largest absolute Gasteiger partial charge is 0.398 e. The molecule has 2 N–H and O–H groups in total. The first kappa shape index (κ1) is 13.7. The second-order valence-corrected chi connectivity index (χ2v) is 5.96. The Morgan fingerprint density at radius 1 is 1.28 bits per heavy atom. The molecule has 1 aromatic rings. The van der Waals surface area contributed by atoms with Gasteiger partial charge in [-0.15, -0.1) is 0 Å². The Morgan fingerprint density at radius 2 is 2.00 bits per heavy atom. The van der Waals surface area contributed by atoms with E-state index >= 15 is 0 Å². The molecule has 1 aromatic carbocycles. The van der Waals surface area contributed by atoms with Crippen LogP contribution in [-0.2, 0) is 6.54 Å². The number of hydrogen-bond donors (Lipinski definition) is 1. The van der Waals surface area contributed by atoms with E-state index < -0.39 is 0 Å². The van der Waals surface area contributed by atoms with E-state index in [0.29, 0.717) is 10.7 Å². The van der Waals surface area contributed by atoms with Gasteiger partial charge in [-0.3, -0.25) is 0 Å². The van der Waals surface area contributed by atoms with Crippen LogP contribution < -0.4 is 5.73 Å². The lowest BCUT2D eigenvalue weighted by molar-refractivity contribution is 0.228. The van der Waals surface area contributed by atoms with Crippen LogP contribution in [0, 0.1) is 5.92 Å². The van der Waals surface area contributed by atoms with Crippen LogP contribution in [0.2, 0.25) is 5.02 Å². The third-order valence-electron chi connectivity index (χ3n) is 3.81. The molecule has 0 unspecified atom stereocenters. The highest BCUT2D eigenvalue weighted by Crippen LogP contribution is 2.25. The average Bonchev–Trinajstić information content (AvgIpc) is 2.35. The maximum Gasteiger partial charge on any atom is 0.0635 e. The van der Waals surface area contributed by atoms with Crippen molar-refractivity contribution >= 4 is 17.3 Å². The molecule has 100 valence electrons. The summed E-state index contributed by atoms with van der Waals surface area (Å²) in [6.45, 7) is 2.15. The molecule has 3 heteroatoms. The molecule has 0 radical (unpaired) electrons. The molecule has 0 aromatic heterocycles. The van der Waals surface area contributed by atoms with E-state index in [1.54, 1.807) is 0 Å². The summed E-state index contributed by atoms with van der Waals surface area (Å²) < 4.78 is 0. The number of anilines is 1. The van der Waals surface area contributed by atoms with Gasteiger partial charge in [-0.05, 0) is 43.5 Å². The van der Waals surface area contributed by atoms with Crippen molar-refractivity contribution in [3.8, 4) is 0 Å². The van der Waals surface area contributed by atoms with Crippen LogP contribution in [0.5, 0.6) is 0 Å². The molecule has 0 atom stereocenters. The van der Waals surface area contributed by atoms with Crippen molar-refractivity contribution in [3.05, 3.63) is 28.8 Å². The first-order valence-electron chi connectivity index (χ1n) is 6.87. The normalized spacial score (nSPS) is 17.3. The number of nitrogens with two attached hydrogens (primary N) is 1. The highest BCUT2D eigenvalue weighted by molar-refractivity contribution is 6.33. The predicted octanol–water partition coefficient (Wildman–Crippen LogP) is 3.93. The van der Waals surface area contributed by atoms with Crippen molar-refractivity contribution in [2.45, 2.75) is 38.6 Å². The summed E-state index contributed by atoms with van der Waals surface area (Å²) in [5.41, 5.74) is 7.76. The first-order valence-corrected chi connectivity index (χ1v) is 7.25. The summed E-state index contributed by atoms with van der Waals surface area (Å²) in [5, 5.41) is 0.647. The van der Waals surface area contributed by atoms with E-state index in [1.807, 2.05) is 12.1 Å². The molecule has 2 rings (SSSR count). The van der Waals surface area contributed by atoms with Crippen LogP contribution in [0.4, 0.5) is 5.69 Å². The van der Waals surface area contributed by atoms with Gasteiger partial charge in [0.05, 0.1) is 10.7 Å². The Balaban J connectivity index is 1.85. The van der Waals surface area contributed by atoms with Crippen molar-refractivity contribution in [2.24, 2.45) is 5.92 Å². The number of nitrogens with zero attached hydrogens (tertiary/aromatic N) is 1. The summed E-state index contributed by atoms with van der Waals surface area (Å²) >= 11 is 5.93. The fraction of sp³-hybridized carbons (Fsp3) is 0.600. The van der Waals surface area contributed by atoms with Crippen molar-refractivity contribution in [3.63, 3.8) is 0 Å². The van der Waals surface area contributed by atoms with Crippen LogP contribution in [0.15, 0.2) is 18.2 Å². The molecule has 1 saturated carbocycles. The molecular formula is C15H23ClN2. The number of halogens is 1. The van der Waals surface area contributed by atoms with Gasteiger partial charge in [0.25, 0.3) is 0 Å². The predicted molar refractivity (Wildman–Crippen MR) is 78.8 cm³/mol. The molecule has 1 aliphatic rings. The molecule has 0 aliphatic heterocycles. The topological polar surface area (TPSA) is 29.3 Å². The highest BCUT2D eigenvalue weighted by atomic mass is 35.5. The maximum atomic E-state index is 5.93. The SMILES string of the molecule is CN(Cc1ccc(Cl)c(N)c1)CC1CCCCC1. The van der Waals surface area contributed by atoms with Gasteiger partial charge in [0.2, 0.25) is 0 Å². The fourth-order valence-corrected chi connectivity index (χ4v) is 3.00. The second kappa shape index (κ2) is 6.44. The van der Waals surface area contributed by atoms with Crippen LogP contribution in [0.1, 0.15) is 37.7 Å². The van der Waals surface area contributed by atoms with Crippen molar-refractivity contribution in [1.29, 1.82) is 0 Å². The van der Waals surface area contributed by atoms with Crippen LogP contribution in [-0.4, -0.2) is 18.5 Å². The first-order chi connectivity index (χ1) is 8.65. The Morgan fingerprint density at radius 3 is 2.67 bits per heavy atom. The minimum absolute atomic E-state index is 0.647. The van der Waals surface area contributed by atoms with Gasteiger partial charge in [-0.25, -0.2) is 0 Å². The van der Waals surface area contributed by atoms with Crippen molar-refractivity contribution in [2.75, 3.05) is 19.3 Å². The van der Waals surface area contributed by atoms with Gasteiger partial charge in [0, 0.05) is 13.1 Å². The van der Waals surface area contributed by atoms with E-state index in [4.69, 9.17) is 17.3 Å². The standard InChI is InChI=1S/C15H23ClN2/c1-18(10-12-5-3-2-4-6-12)11-13-7-8-14(16)15(17)9-13/h7-9,12H,2-6,10-11,17H2,1H3. The molecule has 0 spiro atoms. The van der Waals surface area contributed by atoms with Crippen LogP contribution in [0.3, 0.4) is 0 Å². The van der Waals surface area contributed by atoms with Crippen molar-refractivity contribution < 1.29 is 0 Å². The Kier molecular flexibility index (Phi) is 4.90. The zero-order chi connectivity index (χ0) is 13.0. The molecule has 0 saturated heterocycles. The minimum atomic E-state index is 0.647. The quantitative estimate of drug-likeness (QED) is 0.837. The minimum Gasteiger partial charge on any atom is -0.398 e. The Bertz CT molecular complexity index is 386. The van der Waals surface area contributed by atoms with E-state index in [0.717, 1.165) is 12.5 Å². The lowest BCUT2D eigenvalue weighted by atomic mass is 9.89. The zero-order valence-corrected chi connectivity index (χ0v) is 11.9. The van der Waals surface area contributed by atoms with Crippen LogP contribution >= 0.6 is 11.6 Å². The third-order valence-corrected chi connectivity index (χ3v) is 4.15. The number of benzene rings is 1. The van der Waals surface area contributed by atoms with Gasteiger partial charge >= 0.3 is 0 Å². The van der Waals surface area contributed by atoms with Crippen LogP contribution in [0.25, 0.3) is 0 Å². The lowest BCUT2D eigenvalue weighted by Crippen LogP contribution is -2.26. The molecule has 0 amide bonds. The molecule has 0 bridgehead atoms. The van der Waals surface area contributed by atoms with Gasteiger partial charge < -0.3 is 10.6 Å². The van der Waals surface area contributed by atoms with Gasteiger partial charge in [-0.1, -0.05) is 36.9 Å². The summed E-state index contributed by atoms with van der Waals surface area (Å²) in [6.07, 6.45) is 7.03. The number of nitrogen functional groups attached to an aromatic ring is 1. The Labute approximate surface area is 115 Å². The maximum absolute atomic E-state index is 5.93. The van der Waals surface area contributed by atoms with Gasteiger partial charge in [-0.2, -0.15) is 0 Å². The molecule has 1 aliphatic carbocycles. The second-order valence-electron chi connectivity index (χ2n) is 5.56.